The molecule has 2 N–H and O–H groups in total. The van der Waals surface area contributed by atoms with Gasteiger partial charge in [-0.2, -0.15) is 5.26 Å². The van der Waals surface area contributed by atoms with Crippen molar-refractivity contribution in [1.29, 1.82) is 5.26 Å². The number of hydrogen-bond donors (Lipinski definition) is 1. The molecule has 1 amide bonds. The summed E-state index contributed by atoms with van der Waals surface area (Å²) in [6.45, 7) is 0. The molecule has 0 bridgehead atoms. The van der Waals surface area contributed by atoms with Crippen LogP contribution in [0, 0.1) is 11.3 Å². The number of amides is 1. The number of benzene rings is 1. The van der Waals surface area contributed by atoms with E-state index < -0.39 is 5.97 Å². The van der Waals surface area contributed by atoms with Gasteiger partial charge in [0.2, 0.25) is 5.91 Å². The highest BCUT2D eigenvalue weighted by molar-refractivity contribution is 5.95. The molecule has 0 atom stereocenters. The van der Waals surface area contributed by atoms with Crippen molar-refractivity contribution in [3.8, 4) is 11.8 Å². The van der Waals surface area contributed by atoms with Crippen LogP contribution in [0.2, 0.25) is 0 Å². The molecule has 1 aromatic heterocycles. The van der Waals surface area contributed by atoms with E-state index in [1.54, 1.807) is 25.1 Å². The van der Waals surface area contributed by atoms with E-state index in [0.29, 0.717) is 18.5 Å². The minimum Gasteiger partial charge on any atom is -0.464 e. The van der Waals surface area contributed by atoms with Crippen LogP contribution in [0.4, 0.5) is 5.69 Å². The Balaban J connectivity index is 2.40. The predicted molar refractivity (Wildman–Crippen MR) is 93.3 cm³/mol. The first kappa shape index (κ1) is 18.1. The first-order valence-electron chi connectivity index (χ1n) is 7.67. The number of esters is 1. The first-order valence-corrected chi connectivity index (χ1v) is 7.67. The highest BCUT2D eigenvalue weighted by Crippen LogP contribution is 2.25. The minimum absolute atomic E-state index is 0.0395. The zero-order valence-corrected chi connectivity index (χ0v) is 14.4. The number of rotatable bonds is 5. The molecule has 1 heterocycles. The lowest BCUT2D eigenvalue weighted by Crippen LogP contribution is -2.21. The molecule has 0 radical (unpaired) electrons. The molecule has 0 fully saturated rings. The standard InChI is InChI=1S/C18H20N4O3/c1-21(2)15(23)8-7-12-5-4-6-14(9-12)22-11-13(10-19)16(20)17(22)18(24)25-3/h4-6,9,11H,7-8,20H2,1-3H3. The minimum atomic E-state index is -0.618. The van der Waals surface area contributed by atoms with E-state index in [0.717, 1.165) is 5.56 Å². The van der Waals surface area contributed by atoms with E-state index in [-0.39, 0.29) is 22.9 Å². The van der Waals surface area contributed by atoms with Crippen LogP contribution in [0.1, 0.15) is 28.0 Å². The van der Waals surface area contributed by atoms with Crippen molar-refractivity contribution in [3.63, 3.8) is 0 Å². The zero-order chi connectivity index (χ0) is 18.6. The normalized spacial score (nSPS) is 10.2. The van der Waals surface area contributed by atoms with Crippen LogP contribution in [0.15, 0.2) is 30.5 Å². The molecule has 0 aliphatic carbocycles. The lowest BCUT2D eigenvalue weighted by atomic mass is 10.1. The summed E-state index contributed by atoms with van der Waals surface area (Å²) in [5.74, 6) is -0.579. The Bertz CT molecular complexity index is 846. The van der Waals surface area contributed by atoms with E-state index in [1.807, 2.05) is 24.3 Å². The summed E-state index contributed by atoms with van der Waals surface area (Å²) in [4.78, 5) is 25.3. The Morgan fingerprint density at radius 3 is 2.68 bits per heavy atom. The highest BCUT2D eigenvalue weighted by atomic mass is 16.5. The van der Waals surface area contributed by atoms with Gasteiger partial charge in [0.15, 0.2) is 5.69 Å². The van der Waals surface area contributed by atoms with Gasteiger partial charge >= 0.3 is 5.97 Å². The van der Waals surface area contributed by atoms with Crippen LogP contribution in [-0.2, 0) is 16.0 Å². The number of anilines is 1. The molecule has 7 heteroatoms. The van der Waals surface area contributed by atoms with E-state index in [1.165, 1.54) is 17.9 Å². The number of nitrogens with two attached hydrogens (primary N) is 1. The lowest BCUT2D eigenvalue weighted by Gasteiger charge is -2.12. The summed E-state index contributed by atoms with van der Waals surface area (Å²) >= 11 is 0. The number of carbonyl (C=O) groups is 2. The number of nitrogen functional groups attached to an aromatic ring is 1. The van der Waals surface area contributed by atoms with Gasteiger partial charge < -0.3 is 19.9 Å². The van der Waals surface area contributed by atoms with Gasteiger partial charge in [-0.3, -0.25) is 4.79 Å². The number of carbonyl (C=O) groups excluding carboxylic acids is 2. The average molecular weight is 340 g/mol. The highest BCUT2D eigenvalue weighted by Gasteiger charge is 2.21. The van der Waals surface area contributed by atoms with Crippen molar-refractivity contribution < 1.29 is 14.3 Å². The van der Waals surface area contributed by atoms with Crippen molar-refractivity contribution in [2.45, 2.75) is 12.8 Å². The van der Waals surface area contributed by atoms with Gasteiger partial charge in [0.25, 0.3) is 0 Å². The van der Waals surface area contributed by atoms with Gasteiger partial charge in [0.1, 0.15) is 6.07 Å². The Labute approximate surface area is 146 Å². The fraction of sp³-hybridized carbons (Fsp3) is 0.278. The number of nitrogens with zero attached hydrogens (tertiary/aromatic N) is 3. The zero-order valence-electron chi connectivity index (χ0n) is 14.4. The summed E-state index contributed by atoms with van der Waals surface area (Å²) in [6.07, 6.45) is 2.46. The van der Waals surface area contributed by atoms with Crippen LogP contribution >= 0.6 is 0 Å². The number of nitriles is 1. The first-order chi connectivity index (χ1) is 11.9. The molecule has 130 valence electrons. The molecule has 0 unspecified atom stereocenters. The Morgan fingerprint density at radius 2 is 2.08 bits per heavy atom. The number of ether oxygens (including phenoxy) is 1. The molecular formula is C18H20N4O3. The monoisotopic (exact) mass is 340 g/mol. The molecule has 25 heavy (non-hydrogen) atoms. The smallest absolute Gasteiger partial charge is 0.357 e. The molecular weight excluding hydrogens is 320 g/mol. The third-order valence-electron chi connectivity index (χ3n) is 3.86. The van der Waals surface area contributed by atoms with E-state index in [9.17, 15) is 14.9 Å². The van der Waals surface area contributed by atoms with Crippen LogP contribution in [0.5, 0.6) is 0 Å². The Kier molecular flexibility index (Phi) is 5.45. The van der Waals surface area contributed by atoms with Gasteiger partial charge in [-0.25, -0.2) is 4.79 Å². The quantitative estimate of drug-likeness (QED) is 0.835. The second-order valence-corrected chi connectivity index (χ2v) is 5.74. The van der Waals surface area contributed by atoms with Crippen LogP contribution in [-0.4, -0.2) is 42.5 Å². The predicted octanol–water partition coefficient (Wildman–Crippen LogP) is 1.74. The lowest BCUT2D eigenvalue weighted by molar-refractivity contribution is -0.128. The maximum Gasteiger partial charge on any atom is 0.357 e. The molecule has 0 saturated heterocycles. The third kappa shape index (κ3) is 3.80. The van der Waals surface area contributed by atoms with Gasteiger partial charge in [-0.05, 0) is 24.1 Å². The summed E-state index contributed by atoms with van der Waals surface area (Å²) in [6, 6.07) is 9.35. The molecule has 7 nitrogen and oxygen atoms in total. The fourth-order valence-corrected chi connectivity index (χ4v) is 2.45. The fourth-order valence-electron chi connectivity index (χ4n) is 2.45. The summed E-state index contributed by atoms with van der Waals surface area (Å²) in [5, 5.41) is 9.17. The Hall–Kier alpha value is -3.27. The molecule has 0 aliphatic rings. The van der Waals surface area contributed by atoms with Gasteiger partial charge in [-0.15, -0.1) is 0 Å². The largest absolute Gasteiger partial charge is 0.464 e. The molecule has 2 aromatic rings. The van der Waals surface area contributed by atoms with Crippen molar-refractivity contribution in [3.05, 3.63) is 47.3 Å². The number of methoxy groups -OCH3 is 1. The molecule has 0 aliphatic heterocycles. The van der Waals surface area contributed by atoms with Crippen molar-refractivity contribution >= 4 is 17.6 Å². The Morgan fingerprint density at radius 1 is 1.36 bits per heavy atom. The topological polar surface area (TPSA) is 101 Å². The maximum atomic E-state index is 12.0. The SMILES string of the molecule is COC(=O)c1c(N)c(C#N)cn1-c1cccc(CCC(=O)N(C)C)c1. The van der Waals surface area contributed by atoms with E-state index in [2.05, 4.69) is 0 Å². The summed E-state index contributed by atoms with van der Waals surface area (Å²) < 4.78 is 6.31. The number of aromatic nitrogens is 1. The van der Waals surface area contributed by atoms with Crippen molar-refractivity contribution in [2.24, 2.45) is 0 Å². The molecule has 1 aromatic carbocycles. The van der Waals surface area contributed by atoms with Crippen molar-refractivity contribution in [1.82, 2.24) is 9.47 Å². The maximum absolute atomic E-state index is 12.0. The van der Waals surface area contributed by atoms with E-state index >= 15 is 0 Å². The van der Waals surface area contributed by atoms with Crippen LogP contribution in [0.3, 0.4) is 0 Å². The van der Waals surface area contributed by atoms with Crippen molar-refractivity contribution in [2.75, 3.05) is 26.9 Å². The number of aryl methyl sites for hydroxylation is 1. The molecule has 2 rings (SSSR count). The van der Waals surface area contributed by atoms with Gasteiger partial charge in [0.05, 0.1) is 18.4 Å². The number of hydrogen-bond acceptors (Lipinski definition) is 5. The molecule has 0 saturated carbocycles. The summed E-state index contributed by atoms with van der Waals surface area (Å²) in [7, 11) is 4.69. The van der Waals surface area contributed by atoms with Gasteiger partial charge in [0, 0.05) is 32.4 Å². The van der Waals surface area contributed by atoms with E-state index in [4.69, 9.17) is 10.5 Å². The summed E-state index contributed by atoms with van der Waals surface area (Å²) in [5.41, 5.74) is 7.91. The van der Waals surface area contributed by atoms with Crippen LogP contribution < -0.4 is 5.73 Å². The second-order valence-electron chi connectivity index (χ2n) is 5.74. The third-order valence-corrected chi connectivity index (χ3v) is 3.86. The average Bonchev–Trinajstić information content (AvgIpc) is 2.95. The van der Waals surface area contributed by atoms with Crippen LogP contribution in [0.25, 0.3) is 5.69 Å². The second kappa shape index (κ2) is 7.53. The molecule has 0 spiro atoms. The van der Waals surface area contributed by atoms with Gasteiger partial charge in [-0.1, -0.05) is 12.1 Å².